The summed E-state index contributed by atoms with van der Waals surface area (Å²) < 4.78 is 1.67. The standard InChI is InChI=1S/C16H21N3O3/c1-13-15(16(22)18(9-11-21)8-5-10-20)12-19(17-13)14-6-3-2-4-7-14/h2-4,6-7,12,20-21H,5,8-11H2,1H3. The molecule has 0 spiro atoms. The van der Waals surface area contributed by atoms with E-state index in [4.69, 9.17) is 10.2 Å². The van der Waals surface area contributed by atoms with Crippen LogP contribution in [0.2, 0.25) is 0 Å². The van der Waals surface area contributed by atoms with Crippen molar-refractivity contribution in [3.05, 3.63) is 47.8 Å². The van der Waals surface area contributed by atoms with Crippen LogP contribution in [0.25, 0.3) is 5.69 Å². The molecule has 0 aliphatic rings. The van der Waals surface area contributed by atoms with Crippen LogP contribution in [0.3, 0.4) is 0 Å². The molecule has 0 saturated heterocycles. The Kier molecular flexibility index (Phi) is 5.68. The van der Waals surface area contributed by atoms with E-state index in [0.717, 1.165) is 5.69 Å². The lowest BCUT2D eigenvalue weighted by Crippen LogP contribution is -2.35. The maximum atomic E-state index is 12.6. The highest BCUT2D eigenvalue weighted by Gasteiger charge is 2.20. The Labute approximate surface area is 129 Å². The number of rotatable bonds is 7. The van der Waals surface area contributed by atoms with Crippen LogP contribution in [-0.4, -0.2) is 57.1 Å². The fraction of sp³-hybridized carbons (Fsp3) is 0.375. The molecule has 1 aromatic carbocycles. The predicted octanol–water partition coefficient (Wildman–Crippen LogP) is 0.998. The summed E-state index contributed by atoms with van der Waals surface area (Å²) in [6.45, 7) is 2.34. The second-order valence-electron chi connectivity index (χ2n) is 5.00. The monoisotopic (exact) mass is 303 g/mol. The van der Waals surface area contributed by atoms with Crippen molar-refractivity contribution in [2.75, 3.05) is 26.3 Å². The number of aryl methyl sites for hydroxylation is 1. The predicted molar refractivity (Wildman–Crippen MR) is 83.0 cm³/mol. The van der Waals surface area contributed by atoms with Gasteiger partial charge in [0.1, 0.15) is 0 Å². The van der Waals surface area contributed by atoms with Gasteiger partial charge in [0.15, 0.2) is 0 Å². The van der Waals surface area contributed by atoms with Gasteiger partial charge in [0, 0.05) is 25.9 Å². The van der Waals surface area contributed by atoms with E-state index in [2.05, 4.69) is 5.10 Å². The van der Waals surface area contributed by atoms with Crippen molar-refractivity contribution in [2.45, 2.75) is 13.3 Å². The molecule has 2 N–H and O–H groups in total. The molecule has 1 heterocycles. The van der Waals surface area contributed by atoms with Crippen LogP contribution in [0.5, 0.6) is 0 Å². The highest BCUT2D eigenvalue weighted by atomic mass is 16.3. The van der Waals surface area contributed by atoms with Crippen molar-refractivity contribution in [3.8, 4) is 5.69 Å². The zero-order valence-electron chi connectivity index (χ0n) is 12.6. The van der Waals surface area contributed by atoms with E-state index in [1.165, 1.54) is 4.90 Å². The van der Waals surface area contributed by atoms with Crippen molar-refractivity contribution in [3.63, 3.8) is 0 Å². The van der Waals surface area contributed by atoms with Crippen LogP contribution in [-0.2, 0) is 0 Å². The van der Waals surface area contributed by atoms with Crippen LogP contribution in [0.4, 0.5) is 0 Å². The topological polar surface area (TPSA) is 78.6 Å². The van der Waals surface area contributed by atoms with E-state index in [-0.39, 0.29) is 25.7 Å². The summed E-state index contributed by atoms with van der Waals surface area (Å²) in [7, 11) is 0. The van der Waals surface area contributed by atoms with Crippen molar-refractivity contribution in [1.29, 1.82) is 0 Å². The zero-order valence-corrected chi connectivity index (χ0v) is 12.6. The molecule has 0 aliphatic heterocycles. The van der Waals surface area contributed by atoms with Gasteiger partial charge < -0.3 is 15.1 Å². The van der Waals surface area contributed by atoms with Gasteiger partial charge in [0.05, 0.1) is 23.6 Å². The largest absolute Gasteiger partial charge is 0.396 e. The number of carbonyl (C=O) groups excluding carboxylic acids is 1. The van der Waals surface area contributed by atoms with Crippen LogP contribution in [0.15, 0.2) is 36.5 Å². The molecule has 0 atom stereocenters. The fourth-order valence-electron chi connectivity index (χ4n) is 2.25. The van der Waals surface area contributed by atoms with Gasteiger partial charge in [-0.3, -0.25) is 4.79 Å². The molecular formula is C16H21N3O3. The summed E-state index contributed by atoms with van der Waals surface area (Å²) >= 11 is 0. The van der Waals surface area contributed by atoms with Crippen molar-refractivity contribution in [1.82, 2.24) is 14.7 Å². The molecule has 6 nitrogen and oxygen atoms in total. The Morgan fingerprint density at radius 1 is 1.18 bits per heavy atom. The zero-order chi connectivity index (χ0) is 15.9. The molecule has 0 fully saturated rings. The quantitative estimate of drug-likeness (QED) is 0.800. The van der Waals surface area contributed by atoms with Crippen LogP contribution >= 0.6 is 0 Å². The SMILES string of the molecule is Cc1nn(-c2ccccc2)cc1C(=O)N(CCO)CCCO. The molecule has 1 amide bonds. The first-order valence-corrected chi connectivity index (χ1v) is 7.30. The summed E-state index contributed by atoms with van der Waals surface area (Å²) in [6, 6.07) is 9.57. The Bertz CT molecular complexity index is 610. The first-order valence-electron chi connectivity index (χ1n) is 7.30. The van der Waals surface area contributed by atoms with Gasteiger partial charge in [-0.2, -0.15) is 5.10 Å². The smallest absolute Gasteiger partial charge is 0.257 e. The van der Waals surface area contributed by atoms with Gasteiger partial charge >= 0.3 is 0 Å². The lowest BCUT2D eigenvalue weighted by molar-refractivity contribution is 0.0709. The molecular weight excluding hydrogens is 282 g/mol. The number of amides is 1. The van der Waals surface area contributed by atoms with E-state index in [1.54, 1.807) is 17.8 Å². The minimum absolute atomic E-state index is 0.0114. The number of aliphatic hydroxyl groups is 2. The van der Waals surface area contributed by atoms with E-state index in [0.29, 0.717) is 24.2 Å². The molecule has 0 unspecified atom stereocenters. The minimum atomic E-state index is -0.179. The van der Waals surface area contributed by atoms with Crippen molar-refractivity contribution >= 4 is 5.91 Å². The number of hydrogen-bond acceptors (Lipinski definition) is 4. The lowest BCUT2D eigenvalue weighted by atomic mass is 10.2. The molecule has 1 aromatic heterocycles. The van der Waals surface area contributed by atoms with Gasteiger partial charge in [0.2, 0.25) is 0 Å². The van der Waals surface area contributed by atoms with Gasteiger partial charge in [-0.15, -0.1) is 0 Å². The number of nitrogens with zero attached hydrogens (tertiary/aromatic N) is 3. The Balaban J connectivity index is 2.23. The summed E-state index contributed by atoms with van der Waals surface area (Å²) in [4.78, 5) is 14.1. The second kappa shape index (κ2) is 7.72. The molecule has 0 radical (unpaired) electrons. The highest BCUT2D eigenvalue weighted by molar-refractivity contribution is 5.95. The third-order valence-electron chi connectivity index (χ3n) is 3.39. The number of hydrogen-bond donors (Lipinski definition) is 2. The average Bonchev–Trinajstić information content (AvgIpc) is 2.93. The van der Waals surface area contributed by atoms with Crippen LogP contribution < -0.4 is 0 Å². The molecule has 6 heteroatoms. The van der Waals surface area contributed by atoms with Crippen LogP contribution in [0.1, 0.15) is 22.5 Å². The molecule has 2 rings (SSSR count). The van der Waals surface area contributed by atoms with Crippen LogP contribution in [0, 0.1) is 6.92 Å². The molecule has 2 aromatic rings. The Morgan fingerprint density at radius 2 is 1.91 bits per heavy atom. The van der Waals surface area contributed by atoms with E-state index in [9.17, 15) is 4.79 Å². The van der Waals surface area contributed by atoms with E-state index < -0.39 is 0 Å². The first-order chi connectivity index (χ1) is 10.7. The summed E-state index contributed by atoms with van der Waals surface area (Å²) in [5, 5.41) is 22.4. The summed E-state index contributed by atoms with van der Waals surface area (Å²) in [6.07, 6.45) is 2.19. The highest BCUT2D eigenvalue weighted by Crippen LogP contribution is 2.14. The number of para-hydroxylation sites is 1. The maximum absolute atomic E-state index is 12.6. The first kappa shape index (κ1) is 16.2. The van der Waals surface area contributed by atoms with Crippen molar-refractivity contribution in [2.24, 2.45) is 0 Å². The molecule has 118 valence electrons. The Morgan fingerprint density at radius 3 is 2.55 bits per heavy atom. The fourth-order valence-corrected chi connectivity index (χ4v) is 2.25. The van der Waals surface area contributed by atoms with Gasteiger partial charge in [-0.1, -0.05) is 18.2 Å². The lowest BCUT2D eigenvalue weighted by Gasteiger charge is -2.20. The second-order valence-corrected chi connectivity index (χ2v) is 5.00. The summed E-state index contributed by atoms with van der Waals surface area (Å²) in [5.41, 5.74) is 2.03. The molecule has 0 aliphatic carbocycles. The average molecular weight is 303 g/mol. The number of benzene rings is 1. The van der Waals surface area contributed by atoms with Crippen molar-refractivity contribution < 1.29 is 15.0 Å². The molecule has 0 saturated carbocycles. The third kappa shape index (κ3) is 3.72. The Hall–Kier alpha value is -2.18. The number of aliphatic hydroxyl groups excluding tert-OH is 2. The third-order valence-corrected chi connectivity index (χ3v) is 3.39. The normalized spacial score (nSPS) is 10.7. The number of carbonyl (C=O) groups is 1. The van der Waals surface area contributed by atoms with Gasteiger partial charge in [-0.05, 0) is 25.5 Å². The maximum Gasteiger partial charge on any atom is 0.257 e. The summed E-state index contributed by atoms with van der Waals surface area (Å²) in [5.74, 6) is -0.179. The molecule has 0 bridgehead atoms. The number of aromatic nitrogens is 2. The van der Waals surface area contributed by atoms with Gasteiger partial charge in [-0.25, -0.2) is 4.68 Å². The molecule has 22 heavy (non-hydrogen) atoms. The minimum Gasteiger partial charge on any atom is -0.396 e. The van der Waals surface area contributed by atoms with E-state index in [1.807, 2.05) is 30.3 Å². The van der Waals surface area contributed by atoms with Gasteiger partial charge in [0.25, 0.3) is 5.91 Å². The van der Waals surface area contributed by atoms with E-state index >= 15 is 0 Å².